The number of nitrogens with zero attached hydrogens (tertiary/aromatic N) is 3. The maximum absolute atomic E-state index is 12.5. The molecule has 2 aliphatic rings. The lowest BCUT2D eigenvalue weighted by atomic mass is 10.1. The Morgan fingerprint density at radius 1 is 1.20 bits per heavy atom. The summed E-state index contributed by atoms with van der Waals surface area (Å²) in [5.74, 6) is -0.717. The molecule has 3 rings (SSSR count). The number of carbonyl (C=O) groups excluding carboxylic acids is 3. The number of carbonyl (C=O) groups is 3. The molecule has 0 aromatic heterocycles. The van der Waals surface area contributed by atoms with Crippen molar-refractivity contribution < 1.29 is 19.5 Å². The summed E-state index contributed by atoms with van der Waals surface area (Å²) in [6.45, 7) is 1.94. The van der Waals surface area contributed by atoms with Gasteiger partial charge < -0.3 is 15.3 Å². The highest BCUT2D eigenvalue weighted by Crippen LogP contribution is 2.14. The molecular weight excluding hydrogens is 324 g/mol. The van der Waals surface area contributed by atoms with Gasteiger partial charge in [0.2, 0.25) is 5.91 Å². The molecule has 0 aliphatic carbocycles. The molecular formula is C17H22N4O4. The van der Waals surface area contributed by atoms with Crippen LogP contribution in [0.5, 0.6) is 0 Å². The Bertz CT molecular complexity index is 635. The summed E-state index contributed by atoms with van der Waals surface area (Å²) in [4.78, 5) is 40.4. The van der Waals surface area contributed by atoms with Crippen LogP contribution in [-0.4, -0.2) is 83.0 Å². The van der Waals surface area contributed by atoms with Crippen LogP contribution < -0.4 is 5.32 Å². The minimum atomic E-state index is -0.540. The Hall–Kier alpha value is -2.45. The van der Waals surface area contributed by atoms with Crippen LogP contribution in [0.2, 0.25) is 0 Å². The topological polar surface area (TPSA) is 93.2 Å². The maximum Gasteiger partial charge on any atom is 0.325 e. The van der Waals surface area contributed by atoms with Gasteiger partial charge in [0.15, 0.2) is 0 Å². The molecule has 1 aromatic carbocycles. The van der Waals surface area contributed by atoms with Gasteiger partial charge in [0.1, 0.15) is 6.54 Å². The number of aliphatic hydroxyl groups excluding tert-OH is 1. The predicted octanol–water partition coefficient (Wildman–Crippen LogP) is -0.756. The molecule has 25 heavy (non-hydrogen) atoms. The van der Waals surface area contributed by atoms with Crippen molar-refractivity contribution in [3.05, 3.63) is 35.9 Å². The highest BCUT2D eigenvalue weighted by molar-refractivity contribution is 6.04. The first-order chi connectivity index (χ1) is 12.1. The molecule has 0 spiro atoms. The normalized spacial score (nSPS) is 21.6. The van der Waals surface area contributed by atoms with Crippen LogP contribution in [0.25, 0.3) is 0 Å². The van der Waals surface area contributed by atoms with Crippen molar-refractivity contribution in [3.8, 4) is 0 Å². The largest absolute Gasteiger partial charge is 0.394 e. The van der Waals surface area contributed by atoms with Crippen molar-refractivity contribution in [1.82, 2.24) is 20.0 Å². The molecule has 2 N–H and O–H groups in total. The molecule has 0 radical (unpaired) electrons. The van der Waals surface area contributed by atoms with Gasteiger partial charge in [0, 0.05) is 26.2 Å². The van der Waals surface area contributed by atoms with Gasteiger partial charge in [0.25, 0.3) is 5.91 Å². The van der Waals surface area contributed by atoms with E-state index in [4.69, 9.17) is 0 Å². The van der Waals surface area contributed by atoms with Crippen molar-refractivity contribution in [2.75, 3.05) is 39.3 Å². The van der Waals surface area contributed by atoms with Gasteiger partial charge in [-0.05, 0) is 5.56 Å². The fourth-order valence-electron chi connectivity index (χ4n) is 3.23. The van der Waals surface area contributed by atoms with Gasteiger partial charge in [-0.2, -0.15) is 0 Å². The standard InChI is InChI=1S/C17H22N4O4/c22-12-14-10-19(9-13-4-2-1-3-5-13)6-7-20(14)16(24)11-21-15(23)8-18-17(21)25/h1-5,14,22H,6-12H2,(H,18,25)/t14-/m0/s1. The average molecular weight is 346 g/mol. The summed E-state index contributed by atoms with van der Waals surface area (Å²) < 4.78 is 0. The Morgan fingerprint density at radius 2 is 1.96 bits per heavy atom. The summed E-state index contributed by atoms with van der Waals surface area (Å²) in [5.41, 5.74) is 1.18. The number of amides is 4. The zero-order chi connectivity index (χ0) is 17.8. The van der Waals surface area contributed by atoms with E-state index in [-0.39, 0.29) is 31.6 Å². The molecule has 1 atom stereocenters. The number of nitrogens with one attached hydrogen (secondary N) is 1. The number of benzene rings is 1. The van der Waals surface area contributed by atoms with E-state index in [1.54, 1.807) is 4.90 Å². The fraction of sp³-hybridized carbons (Fsp3) is 0.471. The number of hydrogen-bond donors (Lipinski definition) is 2. The van der Waals surface area contributed by atoms with Gasteiger partial charge in [0.05, 0.1) is 19.2 Å². The third-order valence-corrected chi connectivity index (χ3v) is 4.58. The second kappa shape index (κ2) is 7.62. The zero-order valence-electron chi connectivity index (χ0n) is 13.9. The Balaban J connectivity index is 1.59. The van der Waals surface area contributed by atoms with Gasteiger partial charge >= 0.3 is 6.03 Å². The minimum absolute atomic E-state index is 0.0691. The second-order valence-electron chi connectivity index (χ2n) is 6.28. The molecule has 8 nitrogen and oxygen atoms in total. The lowest BCUT2D eigenvalue weighted by molar-refractivity contribution is -0.141. The first kappa shape index (κ1) is 17.4. The lowest BCUT2D eigenvalue weighted by Crippen LogP contribution is -2.58. The molecule has 2 saturated heterocycles. The first-order valence-electron chi connectivity index (χ1n) is 8.33. The van der Waals surface area contributed by atoms with E-state index in [1.807, 2.05) is 30.3 Å². The lowest BCUT2D eigenvalue weighted by Gasteiger charge is -2.41. The molecule has 1 aromatic rings. The van der Waals surface area contributed by atoms with Crippen LogP contribution in [0.15, 0.2) is 30.3 Å². The second-order valence-corrected chi connectivity index (χ2v) is 6.28. The van der Waals surface area contributed by atoms with E-state index in [0.717, 1.165) is 11.4 Å². The fourth-order valence-corrected chi connectivity index (χ4v) is 3.23. The van der Waals surface area contributed by atoms with Crippen molar-refractivity contribution in [2.45, 2.75) is 12.6 Å². The summed E-state index contributed by atoms with van der Waals surface area (Å²) in [6, 6.07) is 9.14. The number of aliphatic hydroxyl groups is 1. The van der Waals surface area contributed by atoms with E-state index in [9.17, 15) is 19.5 Å². The average Bonchev–Trinajstić information content (AvgIpc) is 2.94. The number of urea groups is 1. The highest BCUT2D eigenvalue weighted by Gasteiger charge is 2.35. The SMILES string of the molecule is O=C1CNC(=O)N1CC(=O)N1CCN(Cc2ccccc2)C[C@H]1CO. The van der Waals surface area contributed by atoms with Crippen LogP contribution >= 0.6 is 0 Å². The van der Waals surface area contributed by atoms with Gasteiger partial charge in [-0.15, -0.1) is 0 Å². The number of imide groups is 1. The minimum Gasteiger partial charge on any atom is -0.394 e. The zero-order valence-corrected chi connectivity index (χ0v) is 13.9. The smallest absolute Gasteiger partial charge is 0.325 e. The van der Waals surface area contributed by atoms with E-state index < -0.39 is 11.9 Å². The molecule has 0 bridgehead atoms. The first-order valence-corrected chi connectivity index (χ1v) is 8.33. The van der Waals surface area contributed by atoms with Crippen LogP contribution in [-0.2, 0) is 16.1 Å². The summed E-state index contributed by atoms with van der Waals surface area (Å²) in [6.07, 6.45) is 0. The van der Waals surface area contributed by atoms with Crippen LogP contribution in [0.1, 0.15) is 5.56 Å². The molecule has 2 aliphatic heterocycles. The highest BCUT2D eigenvalue weighted by atomic mass is 16.3. The van der Waals surface area contributed by atoms with Gasteiger partial charge in [-0.3, -0.25) is 19.4 Å². The van der Waals surface area contributed by atoms with E-state index >= 15 is 0 Å². The Morgan fingerprint density at radius 3 is 2.60 bits per heavy atom. The number of piperazine rings is 1. The molecule has 134 valence electrons. The molecule has 8 heteroatoms. The van der Waals surface area contributed by atoms with E-state index in [1.165, 1.54) is 5.56 Å². The van der Waals surface area contributed by atoms with E-state index in [2.05, 4.69) is 10.2 Å². The van der Waals surface area contributed by atoms with Crippen LogP contribution in [0.4, 0.5) is 4.79 Å². The van der Waals surface area contributed by atoms with Gasteiger partial charge in [-0.1, -0.05) is 30.3 Å². The van der Waals surface area contributed by atoms with Gasteiger partial charge in [-0.25, -0.2) is 4.79 Å². The van der Waals surface area contributed by atoms with Crippen molar-refractivity contribution in [3.63, 3.8) is 0 Å². The molecule has 0 unspecified atom stereocenters. The van der Waals surface area contributed by atoms with Crippen molar-refractivity contribution in [2.24, 2.45) is 0 Å². The summed E-state index contributed by atoms with van der Waals surface area (Å²) >= 11 is 0. The van der Waals surface area contributed by atoms with Crippen molar-refractivity contribution in [1.29, 1.82) is 0 Å². The molecule has 0 saturated carbocycles. The van der Waals surface area contributed by atoms with Crippen LogP contribution in [0, 0.1) is 0 Å². The number of hydrogen-bond acceptors (Lipinski definition) is 5. The summed E-state index contributed by atoms with van der Waals surface area (Å²) in [7, 11) is 0. The third kappa shape index (κ3) is 3.97. The third-order valence-electron chi connectivity index (χ3n) is 4.58. The molecule has 2 heterocycles. The van der Waals surface area contributed by atoms with Crippen molar-refractivity contribution >= 4 is 17.8 Å². The predicted molar refractivity (Wildman–Crippen MR) is 89.4 cm³/mol. The van der Waals surface area contributed by atoms with Crippen LogP contribution in [0.3, 0.4) is 0 Å². The van der Waals surface area contributed by atoms with E-state index in [0.29, 0.717) is 19.6 Å². The monoisotopic (exact) mass is 346 g/mol. The summed E-state index contributed by atoms with van der Waals surface area (Å²) in [5, 5.41) is 12.1. The quantitative estimate of drug-likeness (QED) is 0.684. The maximum atomic E-state index is 12.5. The molecule has 2 fully saturated rings. The Labute approximate surface area is 146 Å². The molecule has 4 amide bonds. The Kier molecular flexibility index (Phi) is 5.30. The number of rotatable bonds is 5.